The number of hydrogen-bond donors (Lipinski definition) is 1. The first-order chi connectivity index (χ1) is 13.1. The average molecular weight is 365 g/mol. The Balaban J connectivity index is 1.57. The molecule has 0 bridgehead atoms. The van der Waals surface area contributed by atoms with Crippen LogP contribution in [-0.4, -0.2) is 24.5 Å². The molecule has 2 aromatic carbocycles. The first-order valence-corrected chi connectivity index (χ1v) is 9.72. The second-order valence-electron chi connectivity index (χ2n) is 7.33. The Bertz CT molecular complexity index is 772. The number of carbonyl (C=O) groups excluding carboxylic acids is 2. The van der Waals surface area contributed by atoms with Gasteiger partial charge in [0, 0.05) is 6.04 Å². The van der Waals surface area contributed by atoms with Gasteiger partial charge >= 0.3 is 5.97 Å². The largest absolute Gasteiger partial charge is 0.452 e. The Morgan fingerprint density at radius 3 is 2.48 bits per heavy atom. The Kier molecular flexibility index (Phi) is 6.64. The van der Waals surface area contributed by atoms with Gasteiger partial charge in [0.25, 0.3) is 5.91 Å². The van der Waals surface area contributed by atoms with Crippen molar-refractivity contribution in [3.8, 4) is 0 Å². The van der Waals surface area contributed by atoms with Gasteiger partial charge in [-0.15, -0.1) is 0 Å². The van der Waals surface area contributed by atoms with Crippen LogP contribution < -0.4 is 5.32 Å². The summed E-state index contributed by atoms with van der Waals surface area (Å²) in [5, 5.41) is 3.01. The maximum absolute atomic E-state index is 12.5. The third-order valence-corrected chi connectivity index (χ3v) is 5.27. The summed E-state index contributed by atoms with van der Waals surface area (Å²) in [7, 11) is 0. The quantitative estimate of drug-likeness (QED) is 0.783. The maximum Gasteiger partial charge on any atom is 0.338 e. The van der Waals surface area contributed by atoms with Crippen molar-refractivity contribution in [3.63, 3.8) is 0 Å². The molecule has 1 N–H and O–H groups in total. The van der Waals surface area contributed by atoms with Gasteiger partial charge in [0.05, 0.1) is 5.56 Å². The van der Waals surface area contributed by atoms with E-state index in [9.17, 15) is 9.59 Å². The highest BCUT2D eigenvalue weighted by Gasteiger charge is 2.23. The van der Waals surface area contributed by atoms with Crippen LogP contribution in [0.1, 0.15) is 54.1 Å². The lowest BCUT2D eigenvalue weighted by Crippen LogP contribution is -2.42. The van der Waals surface area contributed by atoms with Crippen LogP contribution in [0.5, 0.6) is 0 Å². The van der Waals surface area contributed by atoms with Gasteiger partial charge in [0.2, 0.25) is 0 Å². The molecule has 0 radical (unpaired) electrons. The third kappa shape index (κ3) is 5.43. The number of rotatable bonds is 6. The molecule has 1 saturated carbocycles. The lowest BCUT2D eigenvalue weighted by Gasteiger charge is -2.29. The van der Waals surface area contributed by atoms with Gasteiger partial charge in [-0.2, -0.15) is 0 Å². The minimum atomic E-state index is -0.451. The van der Waals surface area contributed by atoms with Gasteiger partial charge in [0.1, 0.15) is 0 Å². The maximum atomic E-state index is 12.5. The number of nitrogens with one attached hydrogen (secondary N) is 1. The minimum absolute atomic E-state index is 0.190. The molecule has 27 heavy (non-hydrogen) atoms. The van der Waals surface area contributed by atoms with E-state index in [2.05, 4.69) is 12.2 Å². The lowest BCUT2D eigenvalue weighted by molar-refractivity contribution is -0.125. The van der Waals surface area contributed by atoms with Crippen LogP contribution in [0.15, 0.2) is 54.6 Å². The van der Waals surface area contributed by atoms with E-state index < -0.39 is 5.97 Å². The molecule has 3 rings (SSSR count). The highest BCUT2D eigenvalue weighted by Crippen LogP contribution is 2.23. The summed E-state index contributed by atoms with van der Waals surface area (Å²) < 4.78 is 5.29. The van der Waals surface area contributed by atoms with Gasteiger partial charge < -0.3 is 10.1 Å². The zero-order valence-corrected chi connectivity index (χ0v) is 15.8. The van der Waals surface area contributed by atoms with Crippen LogP contribution in [0.25, 0.3) is 0 Å². The SMILES string of the molecule is C[C@H]1CCCC[C@@H]1NC(=O)COC(=O)c1ccccc1Cc1ccccc1. The van der Waals surface area contributed by atoms with Crippen LogP contribution in [0.3, 0.4) is 0 Å². The summed E-state index contributed by atoms with van der Waals surface area (Å²) in [6.07, 6.45) is 5.15. The Labute approximate surface area is 160 Å². The summed E-state index contributed by atoms with van der Waals surface area (Å²) in [5.41, 5.74) is 2.54. The summed E-state index contributed by atoms with van der Waals surface area (Å²) in [6, 6.07) is 17.6. The van der Waals surface area contributed by atoms with Crippen LogP contribution in [-0.2, 0) is 16.0 Å². The lowest BCUT2D eigenvalue weighted by atomic mass is 9.86. The zero-order chi connectivity index (χ0) is 19.1. The summed E-state index contributed by atoms with van der Waals surface area (Å²) in [5.74, 6) is -0.194. The second kappa shape index (κ2) is 9.36. The van der Waals surface area contributed by atoms with Crippen molar-refractivity contribution in [2.75, 3.05) is 6.61 Å². The number of ether oxygens (including phenoxy) is 1. The summed E-state index contributed by atoms with van der Waals surface area (Å²) in [6.45, 7) is 1.93. The second-order valence-corrected chi connectivity index (χ2v) is 7.33. The normalized spacial score (nSPS) is 19.3. The predicted octanol–water partition coefficient (Wildman–Crippen LogP) is 4.13. The number of carbonyl (C=O) groups is 2. The molecule has 0 unspecified atom stereocenters. The molecule has 4 nitrogen and oxygen atoms in total. The van der Waals surface area contributed by atoms with Gasteiger partial charge in [-0.25, -0.2) is 4.79 Å². The molecule has 1 aliphatic rings. The zero-order valence-electron chi connectivity index (χ0n) is 15.8. The van der Waals surface area contributed by atoms with E-state index in [-0.39, 0.29) is 18.6 Å². The van der Waals surface area contributed by atoms with Crippen molar-refractivity contribution in [1.82, 2.24) is 5.32 Å². The smallest absolute Gasteiger partial charge is 0.338 e. The van der Waals surface area contributed by atoms with E-state index in [1.165, 1.54) is 6.42 Å². The molecule has 1 amide bonds. The van der Waals surface area contributed by atoms with Gasteiger partial charge in [0.15, 0.2) is 6.61 Å². The molecule has 0 spiro atoms. The molecule has 4 heteroatoms. The Morgan fingerprint density at radius 2 is 1.70 bits per heavy atom. The standard InChI is InChI=1S/C23H27NO3/c1-17-9-5-8-14-21(17)24-22(25)16-27-23(26)20-13-7-6-12-19(20)15-18-10-3-2-4-11-18/h2-4,6-7,10-13,17,21H,5,8-9,14-16H2,1H3,(H,24,25)/t17-,21-/m0/s1. The molecule has 0 aromatic heterocycles. The molecule has 1 fully saturated rings. The Morgan fingerprint density at radius 1 is 1.00 bits per heavy atom. The minimum Gasteiger partial charge on any atom is -0.452 e. The number of benzene rings is 2. The van der Waals surface area contributed by atoms with E-state index >= 15 is 0 Å². The predicted molar refractivity (Wildman–Crippen MR) is 106 cm³/mol. The number of amides is 1. The van der Waals surface area contributed by atoms with Crippen molar-refractivity contribution in [3.05, 3.63) is 71.3 Å². The topological polar surface area (TPSA) is 55.4 Å². The Hall–Kier alpha value is -2.62. The fraction of sp³-hybridized carbons (Fsp3) is 0.391. The van der Waals surface area contributed by atoms with E-state index in [0.29, 0.717) is 17.9 Å². The van der Waals surface area contributed by atoms with Crippen molar-refractivity contribution in [1.29, 1.82) is 0 Å². The third-order valence-electron chi connectivity index (χ3n) is 5.27. The molecular formula is C23H27NO3. The summed E-state index contributed by atoms with van der Waals surface area (Å²) in [4.78, 5) is 24.7. The van der Waals surface area contributed by atoms with E-state index in [4.69, 9.17) is 4.74 Å². The highest BCUT2D eigenvalue weighted by atomic mass is 16.5. The van der Waals surface area contributed by atoms with Gasteiger partial charge in [-0.05, 0) is 42.4 Å². The average Bonchev–Trinajstić information content (AvgIpc) is 2.69. The van der Waals surface area contributed by atoms with Gasteiger partial charge in [-0.3, -0.25) is 4.79 Å². The van der Waals surface area contributed by atoms with Crippen molar-refractivity contribution < 1.29 is 14.3 Å². The fourth-order valence-corrected chi connectivity index (χ4v) is 3.68. The first-order valence-electron chi connectivity index (χ1n) is 9.72. The van der Waals surface area contributed by atoms with Crippen LogP contribution in [0.2, 0.25) is 0 Å². The van der Waals surface area contributed by atoms with Crippen molar-refractivity contribution in [2.45, 2.75) is 45.1 Å². The summed E-state index contributed by atoms with van der Waals surface area (Å²) >= 11 is 0. The number of esters is 1. The fourth-order valence-electron chi connectivity index (χ4n) is 3.68. The molecule has 2 aromatic rings. The molecule has 0 aliphatic heterocycles. The van der Waals surface area contributed by atoms with E-state index in [1.807, 2.05) is 48.5 Å². The highest BCUT2D eigenvalue weighted by molar-refractivity contribution is 5.92. The van der Waals surface area contributed by atoms with Crippen LogP contribution in [0.4, 0.5) is 0 Å². The van der Waals surface area contributed by atoms with E-state index in [0.717, 1.165) is 30.4 Å². The van der Waals surface area contributed by atoms with Crippen LogP contribution in [0, 0.1) is 5.92 Å². The van der Waals surface area contributed by atoms with Gasteiger partial charge in [-0.1, -0.05) is 68.3 Å². The van der Waals surface area contributed by atoms with Crippen molar-refractivity contribution in [2.24, 2.45) is 5.92 Å². The first kappa shape index (κ1) is 19.2. The van der Waals surface area contributed by atoms with Crippen molar-refractivity contribution >= 4 is 11.9 Å². The monoisotopic (exact) mass is 365 g/mol. The number of hydrogen-bond acceptors (Lipinski definition) is 3. The molecule has 2 atom stereocenters. The van der Waals surface area contributed by atoms with E-state index in [1.54, 1.807) is 6.07 Å². The molecule has 0 saturated heterocycles. The molecule has 142 valence electrons. The molecular weight excluding hydrogens is 338 g/mol. The molecule has 1 aliphatic carbocycles. The molecule has 0 heterocycles. The van der Waals surface area contributed by atoms with Crippen LogP contribution >= 0.6 is 0 Å².